The molecule has 0 radical (unpaired) electrons. The fraction of sp³-hybridized carbons (Fsp3) is 0.273. The van der Waals surface area contributed by atoms with Gasteiger partial charge in [-0.1, -0.05) is 29.4 Å². The number of benzene rings is 2. The van der Waals surface area contributed by atoms with Crippen molar-refractivity contribution in [3.8, 4) is 11.5 Å². The fourth-order valence-corrected chi connectivity index (χ4v) is 4.80. The lowest BCUT2D eigenvalue weighted by molar-refractivity contribution is 0.0979. The molecule has 1 atom stereocenters. The van der Waals surface area contributed by atoms with Crippen LogP contribution in [0.4, 0.5) is 0 Å². The smallest absolute Gasteiger partial charge is 0.257 e. The molecule has 1 aliphatic carbocycles. The van der Waals surface area contributed by atoms with Crippen LogP contribution in [-0.2, 0) is 11.1 Å². The summed E-state index contributed by atoms with van der Waals surface area (Å²) in [6, 6.07) is 11.8. The first-order valence-corrected chi connectivity index (χ1v) is 11.2. The summed E-state index contributed by atoms with van der Waals surface area (Å²) in [4.78, 5) is 32.2. The molecule has 31 heavy (non-hydrogen) atoms. The zero-order valence-electron chi connectivity index (χ0n) is 16.5. The first kappa shape index (κ1) is 19.9. The van der Waals surface area contributed by atoms with Crippen LogP contribution in [0, 0.1) is 0 Å². The van der Waals surface area contributed by atoms with E-state index in [-0.39, 0.29) is 23.4 Å². The molecule has 3 aromatic rings. The highest BCUT2D eigenvalue weighted by Gasteiger charge is 2.30. The lowest BCUT2D eigenvalue weighted by Gasteiger charge is -2.29. The van der Waals surface area contributed by atoms with E-state index in [4.69, 9.17) is 9.08 Å². The maximum atomic E-state index is 12.9. The molecule has 1 fully saturated rings. The Morgan fingerprint density at radius 2 is 1.65 bits per heavy atom. The molecule has 9 heteroatoms. The van der Waals surface area contributed by atoms with Gasteiger partial charge < -0.3 is 9.08 Å². The molecule has 1 aliphatic heterocycles. The van der Waals surface area contributed by atoms with E-state index >= 15 is 0 Å². The Morgan fingerprint density at radius 3 is 2.32 bits per heavy atom. The van der Waals surface area contributed by atoms with Crippen LogP contribution in [0.15, 0.2) is 47.0 Å². The van der Waals surface area contributed by atoms with Crippen LogP contribution in [0.3, 0.4) is 0 Å². The number of carbonyl (C=O) groups excluding carboxylic acids is 2. The number of likely N-dealkylation sites (tertiary alicyclic amines) is 1. The average molecular weight is 437 g/mol. The molecule has 8 nitrogen and oxygen atoms in total. The predicted molar refractivity (Wildman–Crippen MR) is 112 cm³/mol. The molecule has 0 saturated carbocycles. The van der Waals surface area contributed by atoms with Crippen molar-refractivity contribution >= 4 is 22.6 Å². The molecular formula is C22H19N3O5S. The van der Waals surface area contributed by atoms with E-state index in [1.165, 1.54) is 0 Å². The van der Waals surface area contributed by atoms with Crippen molar-refractivity contribution in [2.45, 2.75) is 18.8 Å². The zero-order valence-corrected chi connectivity index (χ0v) is 17.3. The van der Waals surface area contributed by atoms with Crippen LogP contribution in [0.25, 0.3) is 11.5 Å². The number of ketones is 2. The monoisotopic (exact) mass is 437 g/mol. The standard InChI is InChI=1S/C22H19N3O5S/c26-19-15-3-1-2-4-16(15)20(27)18-11-14(5-6-17(18)19)22-23-21(24-30-22)13-7-9-25(10-8-13)12-31(28)29/h1-6,11,13H,7-10,12H2,(H,28,29). The SMILES string of the molecule is O=C1c2ccccc2C(=O)c2cc(-c3nc(C4CCN(CS(=O)O)CC4)no3)ccc21. The second kappa shape index (κ2) is 7.92. The topological polar surface area (TPSA) is 114 Å². The molecule has 0 amide bonds. The molecule has 1 unspecified atom stereocenters. The summed E-state index contributed by atoms with van der Waals surface area (Å²) < 4.78 is 25.5. The summed E-state index contributed by atoms with van der Waals surface area (Å²) >= 11 is -1.84. The lowest BCUT2D eigenvalue weighted by Crippen LogP contribution is -2.35. The van der Waals surface area contributed by atoms with E-state index < -0.39 is 11.1 Å². The number of hydrogen-bond donors (Lipinski definition) is 1. The van der Waals surface area contributed by atoms with Crippen molar-refractivity contribution < 1.29 is 22.9 Å². The Kier molecular flexibility index (Phi) is 5.09. The summed E-state index contributed by atoms with van der Waals surface area (Å²) in [5.74, 6) is 0.781. The molecule has 1 saturated heterocycles. The van der Waals surface area contributed by atoms with Gasteiger partial charge in [-0.15, -0.1) is 0 Å². The van der Waals surface area contributed by atoms with Gasteiger partial charge in [-0.25, -0.2) is 4.21 Å². The number of carbonyl (C=O) groups is 2. The van der Waals surface area contributed by atoms with Crippen molar-refractivity contribution in [2.24, 2.45) is 0 Å². The average Bonchev–Trinajstić information content (AvgIpc) is 3.27. The quantitative estimate of drug-likeness (QED) is 0.485. The minimum absolute atomic E-state index is 0.105. The fourth-order valence-electron chi connectivity index (χ4n) is 4.23. The number of aromatic nitrogens is 2. The minimum atomic E-state index is -1.84. The Balaban J connectivity index is 1.38. The highest BCUT2D eigenvalue weighted by atomic mass is 32.2. The highest BCUT2D eigenvalue weighted by Crippen LogP contribution is 2.32. The van der Waals surface area contributed by atoms with Crippen LogP contribution in [0.5, 0.6) is 0 Å². The van der Waals surface area contributed by atoms with E-state index in [2.05, 4.69) is 10.1 Å². The van der Waals surface area contributed by atoms with Gasteiger partial charge in [0.25, 0.3) is 5.89 Å². The van der Waals surface area contributed by atoms with Gasteiger partial charge in [0.2, 0.25) is 0 Å². The molecular weight excluding hydrogens is 418 g/mol. The maximum absolute atomic E-state index is 12.9. The van der Waals surface area contributed by atoms with Crippen molar-refractivity contribution in [1.29, 1.82) is 0 Å². The van der Waals surface area contributed by atoms with Crippen molar-refractivity contribution in [2.75, 3.05) is 19.0 Å². The molecule has 1 aromatic heterocycles. The van der Waals surface area contributed by atoms with Crippen LogP contribution in [0.1, 0.15) is 56.4 Å². The number of hydrogen-bond acceptors (Lipinski definition) is 7. The largest absolute Gasteiger partial charge is 0.334 e. The van der Waals surface area contributed by atoms with Gasteiger partial charge in [-0.2, -0.15) is 4.98 Å². The Hall–Kier alpha value is -3.01. The number of nitrogens with zero attached hydrogens (tertiary/aromatic N) is 3. The molecule has 0 bridgehead atoms. The molecule has 158 valence electrons. The summed E-state index contributed by atoms with van der Waals surface area (Å²) in [5, 5.41) is 4.12. The van der Waals surface area contributed by atoms with E-state index in [1.54, 1.807) is 42.5 Å². The second-order valence-electron chi connectivity index (χ2n) is 7.76. The van der Waals surface area contributed by atoms with Crippen molar-refractivity contribution in [3.05, 3.63) is 70.5 Å². The lowest BCUT2D eigenvalue weighted by atomic mass is 9.83. The number of piperidine rings is 1. The van der Waals surface area contributed by atoms with Gasteiger partial charge in [0.05, 0.1) is 0 Å². The van der Waals surface area contributed by atoms with Gasteiger partial charge >= 0.3 is 0 Å². The normalized spacial score (nSPS) is 18.0. The molecule has 1 N–H and O–H groups in total. The second-order valence-corrected chi connectivity index (χ2v) is 8.67. The maximum Gasteiger partial charge on any atom is 0.257 e. The number of fused-ring (bicyclic) bond motifs is 2. The van der Waals surface area contributed by atoms with Gasteiger partial charge in [-0.05, 0) is 44.1 Å². The third-order valence-corrected chi connectivity index (χ3v) is 6.45. The molecule has 2 aliphatic rings. The highest BCUT2D eigenvalue weighted by molar-refractivity contribution is 7.79. The molecule has 2 heterocycles. The van der Waals surface area contributed by atoms with Crippen LogP contribution < -0.4 is 0 Å². The van der Waals surface area contributed by atoms with Gasteiger partial charge in [0.15, 0.2) is 28.5 Å². The zero-order chi connectivity index (χ0) is 21.5. The van der Waals surface area contributed by atoms with Crippen LogP contribution in [0.2, 0.25) is 0 Å². The Morgan fingerprint density at radius 1 is 1.00 bits per heavy atom. The third kappa shape index (κ3) is 3.65. The third-order valence-electron chi connectivity index (χ3n) is 5.86. The predicted octanol–water partition coefficient (Wildman–Crippen LogP) is 2.87. The molecule has 5 rings (SSSR count). The summed E-state index contributed by atoms with van der Waals surface area (Å²) in [7, 11) is 0. The summed E-state index contributed by atoms with van der Waals surface area (Å²) in [5.41, 5.74) is 2.13. The van der Waals surface area contributed by atoms with Gasteiger partial charge in [0, 0.05) is 33.7 Å². The van der Waals surface area contributed by atoms with E-state index in [1.807, 2.05) is 4.90 Å². The van der Waals surface area contributed by atoms with Crippen molar-refractivity contribution in [1.82, 2.24) is 15.0 Å². The minimum Gasteiger partial charge on any atom is -0.334 e. The summed E-state index contributed by atoms with van der Waals surface area (Å²) in [6.45, 7) is 1.38. The van der Waals surface area contributed by atoms with E-state index in [0.29, 0.717) is 52.6 Å². The molecule has 0 spiro atoms. The first-order valence-electron chi connectivity index (χ1n) is 9.97. The molecule has 2 aromatic carbocycles. The summed E-state index contributed by atoms with van der Waals surface area (Å²) in [6.07, 6.45) is 1.54. The van der Waals surface area contributed by atoms with E-state index in [0.717, 1.165) is 12.8 Å². The van der Waals surface area contributed by atoms with Gasteiger partial charge in [-0.3, -0.25) is 14.5 Å². The first-order chi connectivity index (χ1) is 15.0. The Labute approximate surface area is 180 Å². The van der Waals surface area contributed by atoms with Crippen LogP contribution >= 0.6 is 0 Å². The Bertz CT molecular complexity index is 1210. The van der Waals surface area contributed by atoms with Gasteiger partial charge in [0.1, 0.15) is 5.88 Å². The van der Waals surface area contributed by atoms with Crippen molar-refractivity contribution in [3.63, 3.8) is 0 Å². The van der Waals surface area contributed by atoms with E-state index in [9.17, 15) is 13.8 Å². The number of rotatable bonds is 4. The van der Waals surface area contributed by atoms with Crippen LogP contribution in [-0.4, -0.2) is 54.3 Å².